The van der Waals surface area contributed by atoms with Crippen LogP contribution in [0.1, 0.15) is 50.0 Å². The number of carbonyl (C=O) groups excluding carboxylic acids is 1. The first kappa shape index (κ1) is 19.2. The number of aromatic nitrogens is 1. The first-order valence-electron chi connectivity index (χ1n) is 8.23. The van der Waals surface area contributed by atoms with Crippen LogP contribution in [0, 0.1) is 6.92 Å². The molecule has 1 amide bonds. The Hall–Kier alpha value is -2.08. The van der Waals surface area contributed by atoms with Crippen molar-refractivity contribution in [1.29, 1.82) is 0 Å². The normalized spacial score (nSPS) is 12.6. The van der Waals surface area contributed by atoms with Crippen molar-refractivity contribution in [2.45, 2.75) is 46.1 Å². The zero-order chi connectivity index (χ0) is 18.6. The number of nitrogens with one attached hydrogen (secondary N) is 1. The number of rotatable bonds is 6. The van der Waals surface area contributed by atoms with E-state index in [1.807, 2.05) is 37.4 Å². The summed E-state index contributed by atoms with van der Waals surface area (Å²) >= 11 is 1.57. The number of benzene rings is 1. The summed E-state index contributed by atoms with van der Waals surface area (Å²) in [6.07, 6.45) is 0. The van der Waals surface area contributed by atoms with Crippen LogP contribution in [-0.2, 0) is 10.2 Å². The number of thiazole rings is 1. The van der Waals surface area contributed by atoms with E-state index in [-0.39, 0.29) is 24.0 Å². The molecular formula is C19H26N2O3S. The van der Waals surface area contributed by atoms with Crippen LogP contribution in [0.4, 0.5) is 0 Å². The van der Waals surface area contributed by atoms with Gasteiger partial charge in [-0.2, -0.15) is 0 Å². The predicted octanol–water partition coefficient (Wildman–Crippen LogP) is 4.01. The third-order valence-corrected chi connectivity index (χ3v) is 4.60. The van der Waals surface area contributed by atoms with Crippen molar-refractivity contribution < 1.29 is 14.3 Å². The Labute approximate surface area is 153 Å². The molecule has 5 nitrogen and oxygen atoms in total. The Morgan fingerprint density at radius 2 is 2.08 bits per heavy atom. The SMILES string of the molecule is COc1ccc(OCC(=O)NC(C)c2csc(C)n2)c(C(C)(C)C)c1. The van der Waals surface area contributed by atoms with Crippen LogP contribution in [0.5, 0.6) is 11.5 Å². The molecule has 1 aromatic carbocycles. The highest BCUT2D eigenvalue weighted by atomic mass is 32.1. The minimum Gasteiger partial charge on any atom is -0.497 e. The molecule has 1 unspecified atom stereocenters. The zero-order valence-electron chi connectivity index (χ0n) is 15.7. The molecule has 2 rings (SSSR count). The molecule has 6 heteroatoms. The fraction of sp³-hybridized carbons (Fsp3) is 0.474. The van der Waals surface area contributed by atoms with E-state index < -0.39 is 0 Å². The van der Waals surface area contributed by atoms with E-state index in [9.17, 15) is 4.79 Å². The molecule has 2 aromatic rings. The average molecular weight is 362 g/mol. The average Bonchev–Trinajstić information content (AvgIpc) is 2.98. The molecule has 1 atom stereocenters. The number of aryl methyl sites for hydroxylation is 1. The smallest absolute Gasteiger partial charge is 0.258 e. The van der Waals surface area contributed by atoms with Gasteiger partial charge in [-0.15, -0.1) is 11.3 Å². The van der Waals surface area contributed by atoms with Crippen molar-refractivity contribution >= 4 is 17.2 Å². The summed E-state index contributed by atoms with van der Waals surface area (Å²) in [6, 6.07) is 5.50. The highest BCUT2D eigenvalue weighted by Crippen LogP contribution is 2.34. The van der Waals surface area contributed by atoms with Gasteiger partial charge >= 0.3 is 0 Å². The first-order valence-corrected chi connectivity index (χ1v) is 9.11. The maximum atomic E-state index is 12.2. The van der Waals surface area contributed by atoms with Gasteiger partial charge in [-0.1, -0.05) is 20.8 Å². The zero-order valence-corrected chi connectivity index (χ0v) is 16.5. The topological polar surface area (TPSA) is 60.5 Å². The molecule has 25 heavy (non-hydrogen) atoms. The summed E-state index contributed by atoms with van der Waals surface area (Å²) in [5.41, 5.74) is 1.75. The van der Waals surface area contributed by atoms with Gasteiger partial charge in [0.05, 0.1) is 23.9 Å². The van der Waals surface area contributed by atoms with Gasteiger partial charge in [0.1, 0.15) is 11.5 Å². The molecule has 0 aliphatic heterocycles. The molecule has 0 fully saturated rings. The Morgan fingerprint density at radius 1 is 1.36 bits per heavy atom. The molecule has 0 radical (unpaired) electrons. The lowest BCUT2D eigenvalue weighted by Crippen LogP contribution is -2.31. The molecule has 0 spiro atoms. The van der Waals surface area contributed by atoms with Crippen molar-refractivity contribution in [2.24, 2.45) is 0 Å². The van der Waals surface area contributed by atoms with E-state index in [1.54, 1.807) is 18.4 Å². The number of amides is 1. The summed E-state index contributed by atoms with van der Waals surface area (Å²) < 4.78 is 11.1. The van der Waals surface area contributed by atoms with Gasteiger partial charge < -0.3 is 14.8 Å². The van der Waals surface area contributed by atoms with Crippen molar-refractivity contribution in [3.8, 4) is 11.5 Å². The number of carbonyl (C=O) groups is 1. The Balaban J connectivity index is 2.02. The van der Waals surface area contributed by atoms with Gasteiger partial charge in [-0.05, 0) is 37.5 Å². The van der Waals surface area contributed by atoms with Crippen LogP contribution in [0.25, 0.3) is 0 Å². The Bertz CT molecular complexity index is 735. The molecular weight excluding hydrogens is 336 g/mol. The molecule has 0 aliphatic rings. The van der Waals surface area contributed by atoms with Gasteiger partial charge in [-0.3, -0.25) is 4.79 Å². The van der Waals surface area contributed by atoms with Crippen molar-refractivity contribution in [3.05, 3.63) is 39.8 Å². The summed E-state index contributed by atoms with van der Waals surface area (Å²) in [5.74, 6) is 1.30. The lowest BCUT2D eigenvalue weighted by Gasteiger charge is -2.23. The number of ether oxygens (including phenoxy) is 2. The van der Waals surface area contributed by atoms with E-state index in [2.05, 4.69) is 31.1 Å². The third kappa shape index (κ3) is 5.19. The molecule has 1 N–H and O–H groups in total. The van der Waals surface area contributed by atoms with Crippen LogP contribution in [0.15, 0.2) is 23.6 Å². The van der Waals surface area contributed by atoms with Gasteiger partial charge in [0.25, 0.3) is 5.91 Å². The highest BCUT2D eigenvalue weighted by Gasteiger charge is 2.21. The number of nitrogens with zero attached hydrogens (tertiary/aromatic N) is 1. The van der Waals surface area contributed by atoms with Crippen LogP contribution < -0.4 is 14.8 Å². The fourth-order valence-corrected chi connectivity index (χ4v) is 3.13. The van der Waals surface area contributed by atoms with Crippen LogP contribution in [-0.4, -0.2) is 24.6 Å². The fourth-order valence-electron chi connectivity index (χ4n) is 2.43. The van der Waals surface area contributed by atoms with Gasteiger partial charge in [0, 0.05) is 10.9 Å². The number of hydrogen-bond donors (Lipinski definition) is 1. The second kappa shape index (κ2) is 7.87. The molecule has 136 valence electrons. The monoisotopic (exact) mass is 362 g/mol. The number of hydrogen-bond acceptors (Lipinski definition) is 5. The summed E-state index contributed by atoms with van der Waals surface area (Å²) in [7, 11) is 1.64. The van der Waals surface area contributed by atoms with Gasteiger partial charge in [0.2, 0.25) is 0 Å². The molecule has 0 saturated carbocycles. The standard InChI is InChI=1S/C19H26N2O3S/c1-12(16-11-25-13(2)21-16)20-18(22)10-24-17-8-7-14(23-6)9-15(17)19(3,4)5/h7-9,11-12H,10H2,1-6H3,(H,20,22). The highest BCUT2D eigenvalue weighted by molar-refractivity contribution is 7.09. The van der Waals surface area contributed by atoms with E-state index >= 15 is 0 Å². The van der Waals surface area contributed by atoms with Crippen LogP contribution in [0.3, 0.4) is 0 Å². The lowest BCUT2D eigenvalue weighted by molar-refractivity contribution is -0.123. The van der Waals surface area contributed by atoms with Crippen molar-refractivity contribution in [2.75, 3.05) is 13.7 Å². The van der Waals surface area contributed by atoms with E-state index in [1.165, 1.54) is 0 Å². The third-order valence-electron chi connectivity index (χ3n) is 3.81. The molecule has 1 aromatic heterocycles. The van der Waals surface area contributed by atoms with Gasteiger partial charge in [0.15, 0.2) is 6.61 Å². The summed E-state index contributed by atoms with van der Waals surface area (Å²) in [5, 5.41) is 5.86. The maximum absolute atomic E-state index is 12.2. The lowest BCUT2D eigenvalue weighted by atomic mass is 9.86. The van der Waals surface area contributed by atoms with Crippen molar-refractivity contribution in [1.82, 2.24) is 10.3 Å². The largest absolute Gasteiger partial charge is 0.497 e. The first-order chi connectivity index (χ1) is 11.7. The summed E-state index contributed by atoms with van der Waals surface area (Å²) in [4.78, 5) is 16.6. The number of methoxy groups -OCH3 is 1. The quantitative estimate of drug-likeness (QED) is 0.843. The second-order valence-corrected chi connectivity index (χ2v) is 8.04. The molecule has 0 aliphatic carbocycles. The van der Waals surface area contributed by atoms with E-state index in [0.717, 1.165) is 22.0 Å². The molecule has 1 heterocycles. The second-order valence-electron chi connectivity index (χ2n) is 6.98. The molecule has 0 bridgehead atoms. The maximum Gasteiger partial charge on any atom is 0.258 e. The summed E-state index contributed by atoms with van der Waals surface area (Å²) in [6.45, 7) is 10.1. The minimum atomic E-state index is -0.172. The van der Waals surface area contributed by atoms with E-state index in [0.29, 0.717) is 5.75 Å². The van der Waals surface area contributed by atoms with Crippen molar-refractivity contribution in [3.63, 3.8) is 0 Å². The van der Waals surface area contributed by atoms with Crippen LogP contribution >= 0.6 is 11.3 Å². The predicted molar refractivity (Wildman–Crippen MR) is 101 cm³/mol. The van der Waals surface area contributed by atoms with Gasteiger partial charge in [-0.25, -0.2) is 4.98 Å². The minimum absolute atomic E-state index is 0.0388. The van der Waals surface area contributed by atoms with Crippen LogP contribution in [0.2, 0.25) is 0 Å². The Kier molecular flexibility index (Phi) is 6.06. The molecule has 0 saturated heterocycles. The Morgan fingerprint density at radius 3 is 2.64 bits per heavy atom. The van der Waals surface area contributed by atoms with E-state index in [4.69, 9.17) is 9.47 Å².